The number of rotatable bonds is 20. The average Bonchev–Trinajstić information content (AvgIpc) is 3.05. The monoisotopic (exact) mass is 684 g/mol. The van der Waals surface area contributed by atoms with E-state index in [0.29, 0.717) is 70.0 Å². The number of hydrazine groups is 1. The molecule has 1 aromatic rings. The van der Waals surface area contributed by atoms with E-state index in [0.717, 1.165) is 12.8 Å². The van der Waals surface area contributed by atoms with E-state index in [1.165, 1.54) is 7.11 Å². The fourth-order valence-corrected chi connectivity index (χ4v) is 6.02. The third kappa shape index (κ3) is 13.5. The van der Waals surface area contributed by atoms with Crippen molar-refractivity contribution in [3.63, 3.8) is 0 Å². The first-order chi connectivity index (χ1) is 21.9. The number of hydrogen-bond acceptors (Lipinski definition) is 9. The molecule has 1 heterocycles. The zero-order valence-corrected chi connectivity index (χ0v) is 30.4. The summed E-state index contributed by atoms with van der Waals surface area (Å²) in [4.78, 5) is 38.9. The van der Waals surface area contributed by atoms with Crippen molar-refractivity contribution in [2.24, 2.45) is 35.3 Å². The number of esters is 1. The quantitative estimate of drug-likeness (QED) is 0.135. The van der Waals surface area contributed by atoms with Gasteiger partial charge in [0.2, 0.25) is 5.91 Å². The van der Waals surface area contributed by atoms with Crippen LogP contribution in [0, 0.1) is 29.6 Å². The number of halogens is 1. The maximum absolute atomic E-state index is 13.8. The Kier molecular flexibility index (Phi) is 20.2. The van der Waals surface area contributed by atoms with Crippen molar-refractivity contribution in [3.05, 3.63) is 29.8 Å². The number of amides is 2. The Morgan fingerprint density at radius 2 is 1.66 bits per heavy atom. The van der Waals surface area contributed by atoms with Gasteiger partial charge in [-0.3, -0.25) is 19.4 Å². The van der Waals surface area contributed by atoms with Crippen molar-refractivity contribution in [1.29, 1.82) is 0 Å². The molecular formula is C35H61ClN4O7. The lowest BCUT2D eigenvalue weighted by Crippen LogP contribution is -2.53. The number of benzene rings is 1. The zero-order valence-electron chi connectivity index (χ0n) is 29.6. The molecule has 270 valence electrons. The average molecular weight is 685 g/mol. The molecule has 1 aliphatic heterocycles. The number of methoxy groups -OCH3 is 2. The van der Waals surface area contributed by atoms with Crippen molar-refractivity contribution in [3.8, 4) is 5.75 Å². The number of nitrogens with one attached hydrogen (secondary N) is 1. The maximum Gasteiger partial charge on any atom is 0.308 e. The molecule has 0 bridgehead atoms. The van der Waals surface area contributed by atoms with Gasteiger partial charge in [-0.15, -0.1) is 12.4 Å². The molecule has 11 nitrogen and oxygen atoms in total. The topological polar surface area (TPSA) is 144 Å². The Hall–Kier alpha value is -2.44. The smallest absolute Gasteiger partial charge is 0.308 e. The Labute approximate surface area is 288 Å². The number of carbonyl (C=O) groups excluding carboxylic acids is 3. The number of aliphatic hydroxyl groups excluding tert-OH is 1. The fourth-order valence-electron chi connectivity index (χ4n) is 6.02. The van der Waals surface area contributed by atoms with Crippen LogP contribution in [0.1, 0.15) is 83.5 Å². The molecule has 0 aliphatic carbocycles. The van der Waals surface area contributed by atoms with Crippen LogP contribution in [-0.4, -0.2) is 98.7 Å². The minimum Gasteiger partial charge on any atom is -0.493 e. The predicted molar refractivity (Wildman–Crippen MR) is 186 cm³/mol. The van der Waals surface area contributed by atoms with Gasteiger partial charge in [0, 0.05) is 51.9 Å². The van der Waals surface area contributed by atoms with Crippen LogP contribution in [0.15, 0.2) is 24.3 Å². The first kappa shape index (κ1) is 42.6. The Morgan fingerprint density at radius 3 is 2.23 bits per heavy atom. The van der Waals surface area contributed by atoms with E-state index < -0.39 is 18.1 Å². The van der Waals surface area contributed by atoms with Crippen LogP contribution < -0.4 is 15.8 Å². The van der Waals surface area contributed by atoms with Crippen LogP contribution in [-0.2, 0) is 19.1 Å². The van der Waals surface area contributed by atoms with E-state index in [-0.39, 0.29) is 60.3 Å². The van der Waals surface area contributed by atoms with E-state index in [9.17, 15) is 19.5 Å². The fraction of sp³-hybridized carbons (Fsp3) is 0.743. The molecule has 0 aromatic heterocycles. The van der Waals surface area contributed by atoms with Crippen molar-refractivity contribution < 1.29 is 33.7 Å². The summed E-state index contributed by atoms with van der Waals surface area (Å²) in [6.07, 6.45) is 2.84. The Balaban J connectivity index is 0.0000110. The van der Waals surface area contributed by atoms with E-state index in [1.807, 2.05) is 37.9 Å². The molecule has 1 aromatic carbocycles. The lowest BCUT2D eigenvalue weighted by atomic mass is 9.83. The highest BCUT2D eigenvalue weighted by Gasteiger charge is 2.36. The summed E-state index contributed by atoms with van der Waals surface area (Å²) in [5.74, 6) is -0.239. The van der Waals surface area contributed by atoms with Gasteiger partial charge in [0.15, 0.2) is 0 Å². The van der Waals surface area contributed by atoms with Gasteiger partial charge in [-0.05, 0) is 75.3 Å². The number of nitrogens with zero attached hydrogens (tertiary/aromatic N) is 2. The summed E-state index contributed by atoms with van der Waals surface area (Å²) in [6.45, 7) is 13.4. The van der Waals surface area contributed by atoms with E-state index in [1.54, 1.807) is 24.3 Å². The van der Waals surface area contributed by atoms with Crippen LogP contribution in [0.5, 0.6) is 5.75 Å². The van der Waals surface area contributed by atoms with Crippen LogP contribution in [0.25, 0.3) is 0 Å². The molecule has 12 heteroatoms. The molecule has 4 unspecified atom stereocenters. The standard InChI is InChI=1S/C35H60N4O7.ClH/c1-8-39(38-17-15-26(16-18-38)35(43)45-7)34(42)29(25(4)5)22-31(40)30(36)21-27(24(2)3)23-37-33(41)28-13-9-10-14-32(28)46-20-12-11-19-44-6;/h9-10,13-14,24-27,29-31,40H,8,11-12,15-23,36H2,1-7H3,(H,37,41);1H. The van der Waals surface area contributed by atoms with Gasteiger partial charge in [-0.25, -0.2) is 5.01 Å². The summed E-state index contributed by atoms with van der Waals surface area (Å²) in [6, 6.07) is 6.65. The van der Waals surface area contributed by atoms with Gasteiger partial charge in [0.25, 0.3) is 5.91 Å². The van der Waals surface area contributed by atoms with Crippen molar-refractivity contribution in [2.75, 3.05) is 53.6 Å². The Bertz CT molecular complexity index is 1070. The summed E-state index contributed by atoms with van der Waals surface area (Å²) in [5, 5.41) is 18.1. The zero-order chi connectivity index (χ0) is 34.2. The number of nitrogens with two attached hydrogens (primary N) is 1. The van der Waals surface area contributed by atoms with Gasteiger partial charge >= 0.3 is 5.97 Å². The molecule has 1 saturated heterocycles. The maximum atomic E-state index is 13.8. The van der Waals surface area contributed by atoms with Gasteiger partial charge in [0.1, 0.15) is 5.75 Å². The molecule has 0 saturated carbocycles. The molecule has 0 radical (unpaired) electrons. The molecule has 4 atom stereocenters. The largest absolute Gasteiger partial charge is 0.493 e. The van der Waals surface area contributed by atoms with Crippen LogP contribution in [0.2, 0.25) is 0 Å². The van der Waals surface area contributed by atoms with E-state index in [2.05, 4.69) is 19.2 Å². The number of aliphatic hydroxyl groups is 1. The van der Waals surface area contributed by atoms with Gasteiger partial charge in [-0.2, -0.15) is 0 Å². The summed E-state index contributed by atoms with van der Waals surface area (Å²) >= 11 is 0. The normalized spacial score (nSPS) is 16.6. The van der Waals surface area contributed by atoms with Gasteiger partial charge in [-0.1, -0.05) is 39.8 Å². The highest BCUT2D eigenvalue weighted by molar-refractivity contribution is 5.96. The van der Waals surface area contributed by atoms with Gasteiger partial charge in [0.05, 0.1) is 31.3 Å². The van der Waals surface area contributed by atoms with E-state index in [4.69, 9.17) is 19.9 Å². The molecule has 1 fully saturated rings. The number of hydrogen-bond donors (Lipinski definition) is 3. The number of para-hydroxylation sites is 1. The van der Waals surface area contributed by atoms with Crippen molar-refractivity contribution >= 4 is 30.2 Å². The van der Waals surface area contributed by atoms with Gasteiger partial charge < -0.3 is 30.4 Å². The van der Waals surface area contributed by atoms with Crippen LogP contribution >= 0.6 is 12.4 Å². The second-order valence-corrected chi connectivity index (χ2v) is 13.1. The first-order valence-electron chi connectivity index (χ1n) is 17.0. The summed E-state index contributed by atoms with van der Waals surface area (Å²) in [7, 11) is 3.08. The molecule has 4 N–H and O–H groups in total. The highest BCUT2D eigenvalue weighted by Crippen LogP contribution is 2.27. The molecule has 47 heavy (non-hydrogen) atoms. The highest BCUT2D eigenvalue weighted by atomic mass is 35.5. The second kappa shape index (κ2) is 22.2. The number of carbonyl (C=O) groups is 3. The predicted octanol–water partition coefficient (Wildman–Crippen LogP) is 4.30. The lowest BCUT2D eigenvalue weighted by Gasteiger charge is -2.41. The first-order valence-corrected chi connectivity index (χ1v) is 17.0. The number of piperidine rings is 1. The molecule has 0 spiro atoms. The third-order valence-electron chi connectivity index (χ3n) is 9.19. The number of ether oxygens (including phenoxy) is 3. The number of unbranched alkanes of at least 4 members (excludes halogenated alkanes) is 1. The van der Waals surface area contributed by atoms with Crippen LogP contribution in [0.3, 0.4) is 0 Å². The molecule has 2 amide bonds. The molecule has 1 aliphatic rings. The van der Waals surface area contributed by atoms with Crippen molar-refractivity contribution in [1.82, 2.24) is 15.3 Å². The minimum absolute atomic E-state index is 0. The van der Waals surface area contributed by atoms with Crippen molar-refractivity contribution in [2.45, 2.75) is 85.3 Å². The Morgan fingerprint density at radius 1 is 1.02 bits per heavy atom. The molecule has 2 rings (SSSR count). The summed E-state index contributed by atoms with van der Waals surface area (Å²) in [5.41, 5.74) is 7.05. The molecular weight excluding hydrogens is 624 g/mol. The third-order valence-corrected chi connectivity index (χ3v) is 9.19. The lowest BCUT2D eigenvalue weighted by molar-refractivity contribution is -0.161. The second-order valence-electron chi connectivity index (χ2n) is 13.1. The summed E-state index contributed by atoms with van der Waals surface area (Å²) < 4.78 is 15.9. The van der Waals surface area contributed by atoms with E-state index >= 15 is 0 Å². The minimum atomic E-state index is -0.885. The van der Waals surface area contributed by atoms with Crippen LogP contribution in [0.4, 0.5) is 0 Å². The SMILES string of the molecule is CCN(C(=O)C(CC(O)C(N)CC(CNC(=O)c1ccccc1OCCCCOC)C(C)C)C(C)C)N1CCC(C(=O)OC)CC1.Cl.